The average molecular weight is 478 g/mol. The maximum absolute atomic E-state index is 12.2. The standard InChI is InChI=1S/C22H21Cl2N3OS2/c1-22(2,3)16-8-4-14(5-9-16)6-11-19(28)25-20-26-27-21(30-20)29-13-15-7-10-17(23)12-18(15)24/h4-12H,13H2,1-3H3,(H,25,26,28)/b11-6+. The minimum absolute atomic E-state index is 0.103. The van der Waals surface area contributed by atoms with Gasteiger partial charge in [0.15, 0.2) is 4.34 Å². The summed E-state index contributed by atoms with van der Waals surface area (Å²) in [5.74, 6) is 0.395. The van der Waals surface area contributed by atoms with Crippen molar-refractivity contribution in [2.24, 2.45) is 0 Å². The highest BCUT2D eigenvalue weighted by Crippen LogP contribution is 2.31. The van der Waals surface area contributed by atoms with Crippen LogP contribution >= 0.6 is 46.3 Å². The monoisotopic (exact) mass is 477 g/mol. The molecule has 0 aliphatic carbocycles. The van der Waals surface area contributed by atoms with E-state index in [2.05, 4.69) is 48.4 Å². The third-order valence-corrected chi connectivity index (χ3v) is 6.81. The van der Waals surface area contributed by atoms with Gasteiger partial charge in [0.25, 0.3) is 0 Å². The molecule has 0 bridgehead atoms. The van der Waals surface area contributed by atoms with E-state index in [9.17, 15) is 4.79 Å². The van der Waals surface area contributed by atoms with Gasteiger partial charge in [-0.3, -0.25) is 10.1 Å². The van der Waals surface area contributed by atoms with Crippen molar-refractivity contribution in [1.29, 1.82) is 0 Å². The second-order valence-corrected chi connectivity index (χ2v) is 10.6. The number of nitrogens with one attached hydrogen (secondary N) is 1. The maximum Gasteiger partial charge on any atom is 0.250 e. The molecule has 8 heteroatoms. The number of thioether (sulfide) groups is 1. The first-order valence-electron chi connectivity index (χ1n) is 9.20. The van der Waals surface area contributed by atoms with E-state index in [1.165, 1.54) is 34.7 Å². The van der Waals surface area contributed by atoms with Gasteiger partial charge in [-0.2, -0.15) is 0 Å². The fourth-order valence-electron chi connectivity index (χ4n) is 2.51. The van der Waals surface area contributed by atoms with Crippen LogP contribution in [-0.2, 0) is 16.0 Å². The molecule has 0 saturated carbocycles. The molecule has 0 aliphatic rings. The first-order chi connectivity index (χ1) is 14.2. The van der Waals surface area contributed by atoms with Crippen molar-refractivity contribution >= 4 is 63.4 Å². The van der Waals surface area contributed by atoms with Gasteiger partial charge in [-0.1, -0.05) is 97.4 Å². The summed E-state index contributed by atoms with van der Waals surface area (Å²) in [5.41, 5.74) is 3.29. The van der Waals surface area contributed by atoms with Crippen molar-refractivity contribution in [3.8, 4) is 0 Å². The van der Waals surface area contributed by atoms with E-state index in [1.807, 2.05) is 18.2 Å². The Balaban J connectivity index is 1.53. The van der Waals surface area contributed by atoms with Crippen LogP contribution in [0.5, 0.6) is 0 Å². The number of anilines is 1. The van der Waals surface area contributed by atoms with Crippen LogP contribution in [0.3, 0.4) is 0 Å². The van der Waals surface area contributed by atoms with Gasteiger partial charge in [0.05, 0.1) is 0 Å². The van der Waals surface area contributed by atoms with Gasteiger partial charge in [-0.05, 0) is 40.3 Å². The topological polar surface area (TPSA) is 54.9 Å². The average Bonchev–Trinajstić information content (AvgIpc) is 3.12. The quantitative estimate of drug-likeness (QED) is 0.234. The molecule has 0 radical (unpaired) electrons. The number of halogens is 2. The lowest BCUT2D eigenvalue weighted by molar-refractivity contribution is -0.111. The molecule has 30 heavy (non-hydrogen) atoms. The van der Waals surface area contributed by atoms with E-state index in [1.54, 1.807) is 18.2 Å². The number of nitrogens with zero attached hydrogens (tertiary/aromatic N) is 2. The first kappa shape index (κ1) is 22.8. The molecule has 0 spiro atoms. The Morgan fingerprint density at radius 1 is 1.13 bits per heavy atom. The summed E-state index contributed by atoms with van der Waals surface area (Å²) in [6.07, 6.45) is 3.27. The van der Waals surface area contributed by atoms with Crippen molar-refractivity contribution in [2.45, 2.75) is 36.3 Å². The van der Waals surface area contributed by atoms with Gasteiger partial charge in [-0.25, -0.2) is 0 Å². The molecule has 1 amide bonds. The van der Waals surface area contributed by atoms with Crippen LogP contribution in [0.15, 0.2) is 52.9 Å². The molecule has 156 valence electrons. The fraction of sp³-hybridized carbons (Fsp3) is 0.227. The molecule has 0 saturated heterocycles. The highest BCUT2D eigenvalue weighted by Gasteiger charge is 2.12. The van der Waals surface area contributed by atoms with E-state index in [0.29, 0.717) is 20.9 Å². The summed E-state index contributed by atoms with van der Waals surface area (Å²) in [6, 6.07) is 13.6. The first-order valence-corrected chi connectivity index (χ1v) is 11.8. The van der Waals surface area contributed by atoms with Crippen molar-refractivity contribution in [1.82, 2.24) is 10.2 Å². The van der Waals surface area contributed by atoms with Crippen LogP contribution in [-0.4, -0.2) is 16.1 Å². The van der Waals surface area contributed by atoms with Gasteiger partial charge >= 0.3 is 0 Å². The predicted octanol–water partition coefficient (Wildman–Crippen LogP) is 7.09. The van der Waals surface area contributed by atoms with E-state index in [0.717, 1.165) is 15.5 Å². The van der Waals surface area contributed by atoms with Gasteiger partial charge < -0.3 is 0 Å². The summed E-state index contributed by atoms with van der Waals surface area (Å²) in [5, 5.41) is 12.6. The van der Waals surface area contributed by atoms with Crippen molar-refractivity contribution in [3.63, 3.8) is 0 Å². The number of hydrogen-bond acceptors (Lipinski definition) is 5. The SMILES string of the molecule is CC(C)(C)c1ccc(/C=C/C(=O)Nc2nnc(SCc3ccc(Cl)cc3Cl)s2)cc1. The van der Waals surface area contributed by atoms with Gasteiger partial charge in [0.2, 0.25) is 11.0 Å². The van der Waals surface area contributed by atoms with Crippen molar-refractivity contribution in [3.05, 3.63) is 75.3 Å². The Labute approximate surface area is 194 Å². The number of benzene rings is 2. The summed E-state index contributed by atoms with van der Waals surface area (Å²) in [7, 11) is 0. The molecule has 2 aromatic carbocycles. The minimum Gasteiger partial charge on any atom is -0.297 e. The smallest absolute Gasteiger partial charge is 0.250 e. The molecular formula is C22H21Cl2N3OS2. The number of carbonyl (C=O) groups is 1. The molecular weight excluding hydrogens is 457 g/mol. The zero-order chi connectivity index (χ0) is 21.7. The normalized spacial score (nSPS) is 11.8. The molecule has 1 aromatic heterocycles. The predicted molar refractivity (Wildman–Crippen MR) is 129 cm³/mol. The molecule has 3 rings (SSSR count). The van der Waals surface area contributed by atoms with Gasteiger partial charge in [-0.15, -0.1) is 10.2 Å². The third-order valence-electron chi connectivity index (χ3n) is 4.21. The van der Waals surface area contributed by atoms with E-state index in [4.69, 9.17) is 23.2 Å². The Bertz CT molecular complexity index is 1060. The second-order valence-electron chi connectivity index (χ2n) is 7.59. The summed E-state index contributed by atoms with van der Waals surface area (Å²) >= 11 is 14.9. The maximum atomic E-state index is 12.2. The number of rotatable bonds is 6. The van der Waals surface area contributed by atoms with E-state index >= 15 is 0 Å². The third kappa shape index (κ3) is 6.57. The van der Waals surface area contributed by atoms with Gasteiger partial charge in [0.1, 0.15) is 0 Å². The number of amides is 1. The molecule has 0 atom stereocenters. The molecule has 1 heterocycles. The van der Waals surface area contributed by atoms with E-state index < -0.39 is 0 Å². The Morgan fingerprint density at radius 3 is 2.53 bits per heavy atom. The lowest BCUT2D eigenvalue weighted by atomic mass is 9.87. The van der Waals surface area contributed by atoms with Crippen LogP contribution in [0.4, 0.5) is 5.13 Å². The van der Waals surface area contributed by atoms with Crippen molar-refractivity contribution < 1.29 is 4.79 Å². The minimum atomic E-state index is -0.247. The zero-order valence-corrected chi connectivity index (χ0v) is 19.9. The Kier molecular flexibility index (Phi) is 7.58. The lowest BCUT2D eigenvalue weighted by Gasteiger charge is -2.18. The molecule has 0 unspecified atom stereocenters. The molecule has 0 fully saturated rings. The highest BCUT2D eigenvalue weighted by molar-refractivity contribution is 8.00. The van der Waals surface area contributed by atoms with E-state index in [-0.39, 0.29) is 11.3 Å². The Morgan fingerprint density at radius 2 is 1.87 bits per heavy atom. The number of carbonyl (C=O) groups excluding carboxylic acids is 1. The molecule has 4 nitrogen and oxygen atoms in total. The summed E-state index contributed by atoms with van der Waals surface area (Å²) in [4.78, 5) is 12.2. The molecule has 3 aromatic rings. The largest absolute Gasteiger partial charge is 0.297 e. The van der Waals surface area contributed by atoms with Crippen molar-refractivity contribution in [2.75, 3.05) is 5.32 Å². The lowest BCUT2D eigenvalue weighted by Crippen LogP contribution is -2.10. The highest BCUT2D eigenvalue weighted by atomic mass is 35.5. The number of hydrogen-bond donors (Lipinski definition) is 1. The van der Waals surface area contributed by atoms with Crippen LogP contribution in [0.25, 0.3) is 6.08 Å². The van der Waals surface area contributed by atoms with Crippen LogP contribution < -0.4 is 5.32 Å². The van der Waals surface area contributed by atoms with Gasteiger partial charge in [0, 0.05) is 21.9 Å². The number of aromatic nitrogens is 2. The zero-order valence-electron chi connectivity index (χ0n) is 16.8. The summed E-state index contributed by atoms with van der Waals surface area (Å²) < 4.78 is 0.748. The van der Waals surface area contributed by atoms with Crippen LogP contribution in [0, 0.1) is 0 Å². The second kappa shape index (κ2) is 9.96. The van der Waals surface area contributed by atoms with Crippen LogP contribution in [0.1, 0.15) is 37.5 Å². The molecule has 1 N–H and O–H groups in total. The molecule has 0 aliphatic heterocycles. The fourth-order valence-corrected chi connectivity index (χ4v) is 4.82. The Hall–Kier alpha value is -1.86. The van der Waals surface area contributed by atoms with Crippen LogP contribution in [0.2, 0.25) is 10.0 Å². The summed E-state index contributed by atoms with van der Waals surface area (Å²) in [6.45, 7) is 6.51.